The fourth-order valence-corrected chi connectivity index (χ4v) is 2.66. The van der Waals surface area contributed by atoms with Gasteiger partial charge in [0.15, 0.2) is 0 Å². The molecule has 6 heteroatoms. The lowest BCUT2D eigenvalue weighted by molar-refractivity contribution is -0.136. The molecular formula is C12H14N2O3S. The van der Waals surface area contributed by atoms with Gasteiger partial charge in [0.05, 0.1) is 18.7 Å². The molecular weight excluding hydrogens is 252 g/mol. The van der Waals surface area contributed by atoms with Gasteiger partial charge in [-0.25, -0.2) is 9.59 Å². The lowest BCUT2D eigenvalue weighted by atomic mass is 10.0. The van der Waals surface area contributed by atoms with Gasteiger partial charge >= 0.3 is 12.0 Å². The molecule has 1 aromatic rings. The molecule has 0 fully saturated rings. The largest absolute Gasteiger partial charge is 0.466 e. The fraction of sp³-hybridized carbons (Fsp3) is 0.333. The first kappa shape index (κ1) is 12.6. The van der Waals surface area contributed by atoms with E-state index in [4.69, 9.17) is 4.74 Å². The summed E-state index contributed by atoms with van der Waals surface area (Å²) in [7, 11) is 2.96. The number of methoxy groups -OCH3 is 1. The Hall–Kier alpha value is -1.82. The summed E-state index contributed by atoms with van der Waals surface area (Å²) in [5.74, 6) is -0.419. The fourth-order valence-electron chi connectivity index (χ4n) is 1.88. The van der Waals surface area contributed by atoms with Crippen LogP contribution in [-0.2, 0) is 9.53 Å². The Labute approximate surface area is 109 Å². The Kier molecular flexibility index (Phi) is 3.38. The van der Waals surface area contributed by atoms with E-state index in [1.165, 1.54) is 23.3 Å². The Morgan fingerprint density at radius 1 is 1.56 bits per heavy atom. The van der Waals surface area contributed by atoms with Crippen molar-refractivity contribution < 1.29 is 14.3 Å². The highest BCUT2D eigenvalue weighted by Gasteiger charge is 2.35. The van der Waals surface area contributed by atoms with E-state index in [0.717, 1.165) is 4.88 Å². The number of nitrogens with zero attached hydrogens (tertiary/aromatic N) is 1. The van der Waals surface area contributed by atoms with Crippen LogP contribution in [0, 0.1) is 0 Å². The molecule has 0 aromatic carbocycles. The Bertz CT molecular complexity index is 507. The van der Waals surface area contributed by atoms with E-state index in [2.05, 4.69) is 5.32 Å². The van der Waals surface area contributed by atoms with Crippen LogP contribution in [0.4, 0.5) is 4.79 Å². The number of carbonyl (C=O) groups is 2. The topological polar surface area (TPSA) is 58.6 Å². The monoisotopic (exact) mass is 266 g/mol. The average Bonchev–Trinajstić information content (AvgIpc) is 2.88. The highest BCUT2D eigenvalue weighted by Crippen LogP contribution is 2.32. The second kappa shape index (κ2) is 4.81. The summed E-state index contributed by atoms with van der Waals surface area (Å²) in [6, 6.07) is 3.12. The van der Waals surface area contributed by atoms with Crippen LogP contribution in [-0.4, -0.2) is 31.1 Å². The van der Waals surface area contributed by atoms with Crippen molar-refractivity contribution in [3.8, 4) is 0 Å². The van der Waals surface area contributed by atoms with Crippen molar-refractivity contribution in [1.29, 1.82) is 0 Å². The van der Waals surface area contributed by atoms with E-state index in [1.54, 1.807) is 14.0 Å². The molecule has 1 aliphatic heterocycles. The molecule has 2 heterocycles. The zero-order chi connectivity index (χ0) is 13.3. The van der Waals surface area contributed by atoms with Gasteiger partial charge in [0.1, 0.15) is 0 Å². The van der Waals surface area contributed by atoms with Crippen LogP contribution in [0.3, 0.4) is 0 Å². The van der Waals surface area contributed by atoms with Crippen molar-refractivity contribution in [2.75, 3.05) is 14.2 Å². The number of carbonyl (C=O) groups excluding carboxylic acids is 2. The van der Waals surface area contributed by atoms with Crippen LogP contribution in [0.15, 0.2) is 28.8 Å². The number of amides is 2. The number of hydrogen-bond donors (Lipinski definition) is 1. The maximum atomic E-state index is 11.9. The number of nitrogens with one attached hydrogen (secondary N) is 1. The van der Waals surface area contributed by atoms with Crippen LogP contribution in [0.2, 0.25) is 0 Å². The third kappa shape index (κ3) is 1.99. The molecule has 18 heavy (non-hydrogen) atoms. The normalized spacial score (nSPS) is 19.8. The van der Waals surface area contributed by atoms with Gasteiger partial charge in [-0.2, -0.15) is 0 Å². The summed E-state index contributed by atoms with van der Waals surface area (Å²) in [5, 5.41) is 4.71. The van der Waals surface area contributed by atoms with E-state index < -0.39 is 12.0 Å². The van der Waals surface area contributed by atoms with Crippen LogP contribution >= 0.6 is 11.3 Å². The van der Waals surface area contributed by atoms with E-state index in [1.807, 2.05) is 17.5 Å². The van der Waals surface area contributed by atoms with Crippen molar-refractivity contribution in [2.45, 2.75) is 13.0 Å². The van der Waals surface area contributed by atoms with E-state index in [0.29, 0.717) is 11.3 Å². The van der Waals surface area contributed by atoms with Crippen LogP contribution in [0.1, 0.15) is 17.8 Å². The van der Waals surface area contributed by atoms with Gasteiger partial charge in [-0.1, -0.05) is 6.07 Å². The summed E-state index contributed by atoms with van der Waals surface area (Å²) in [4.78, 5) is 26.0. The second-order valence-electron chi connectivity index (χ2n) is 3.95. The molecule has 0 saturated carbocycles. The summed E-state index contributed by atoms with van der Waals surface area (Å²) in [5.41, 5.74) is 1.09. The SMILES string of the molecule is COC(=O)C1=C(C)N(C)C(=O)NC1c1cccs1. The molecule has 1 unspecified atom stereocenters. The summed E-state index contributed by atoms with van der Waals surface area (Å²) < 4.78 is 4.80. The first-order valence-corrected chi connectivity index (χ1v) is 6.31. The highest BCUT2D eigenvalue weighted by molar-refractivity contribution is 7.10. The van der Waals surface area contributed by atoms with Crippen LogP contribution in [0.5, 0.6) is 0 Å². The lowest BCUT2D eigenvalue weighted by Gasteiger charge is -2.32. The maximum absolute atomic E-state index is 11.9. The van der Waals surface area contributed by atoms with E-state index in [-0.39, 0.29) is 6.03 Å². The zero-order valence-corrected chi connectivity index (χ0v) is 11.2. The Morgan fingerprint density at radius 3 is 2.83 bits per heavy atom. The maximum Gasteiger partial charge on any atom is 0.338 e. The molecule has 2 rings (SSSR count). The van der Waals surface area contributed by atoms with Crippen molar-refractivity contribution >= 4 is 23.3 Å². The van der Waals surface area contributed by atoms with Gasteiger partial charge in [-0.15, -0.1) is 11.3 Å². The number of allylic oxidation sites excluding steroid dienone is 1. The minimum Gasteiger partial charge on any atom is -0.466 e. The lowest BCUT2D eigenvalue weighted by Crippen LogP contribution is -2.45. The van der Waals surface area contributed by atoms with Crippen LogP contribution in [0.25, 0.3) is 0 Å². The average molecular weight is 266 g/mol. The van der Waals surface area contributed by atoms with Gasteiger partial charge in [0, 0.05) is 17.6 Å². The smallest absolute Gasteiger partial charge is 0.338 e. The standard InChI is InChI=1S/C12H14N2O3S/c1-7-9(11(15)17-3)10(8-5-4-6-18-8)13-12(16)14(7)2/h4-6,10H,1-3H3,(H,13,16). The van der Waals surface area contributed by atoms with Crippen molar-refractivity contribution in [3.05, 3.63) is 33.7 Å². The number of urea groups is 1. The van der Waals surface area contributed by atoms with Gasteiger partial charge in [0.2, 0.25) is 0 Å². The first-order valence-electron chi connectivity index (χ1n) is 5.43. The summed E-state index contributed by atoms with van der Waals surface area (Å²) in [6.45, 7) is 1.74. The van der Waals surface area contributed by atoms with Gasteiger partial charge in [0.25, 0.3) is 0 Å². The minimum atomic E-state index is -0.429. The molecule has 1 aromatic heterocycles. The Balaban J connectivity index is 2.50. The molecule has 0 radical (unpaired) electrons. The number of rotatable bonds is 2. The minimum absolute atomic E-state index is 0.224. The van der Waals surface area contributed by atoms with Gasteiger partial charge in [-0.05, 0) is 18.4 Å². The zero-order valence-electron chi connectivity index (χ0n) is 10.4. The predicted molar refractivity (Wildman–Crippen MR) is 68.1 cm³/mol. The quantitative estimate of drug-likeness (QED) is 0.832. The number of thiophene rings is 1. The summed E-state index contributed by atoms with van der Waals surface area (Å²) in [6.07, 6.45) is 0. The molecule has 1 N–H and O–H groups in total. The molecule has 0 saturated heterocycles. The molecule has 0 spiro atoms. The highest BCUT2D eigenvalue weighted by atomic mass is 32.1. The van der Waals surface area contributed by atoms with E-state index >= 15 is 0 Å². The molecule has 0 bridgehead atoms. The molecule has 0 aliphatic carbocycles. The molecule has 5 nitrogen and oxygen atoms in total. The summed E-state index contributed by atoms with van der Waals surface area (Å²) >= 11 is 1.49. The number of ether oxygens (including phenoxy) is 1. The third-order valence-electron chi connectivity index (χ3n) is 2.99. The van der Waals surface area contributed by atoms with E-state index in [9.17, 15) is 9.59 Å². The first-order chi connectivity index (χ1) is 8.56. The van der Waals surface area contributed by atoms with Gasteiger partial charge in [-0.3, -0.25) is 0 Å². The van der Waals surface area contributed by atoms with Gasteiger partial charge < -0.3 is 15.0 Å². The third-order valence-corrected chi connectivity index (χ3v) is 3.92. The molecule has 1 aliphatic rings. The predicted octanol–water partition coefficient (Wildman–Crippen LogP) is 1.89. The van der Waals surface area contributed by atoms with Crippen molar-refractivity contribution in [1.82, 2.24) is 10.2 Å². The van der Waals surface area contributed by atoms with Crippen molar-refractivity contribution in [2.24, 2.45) is 0 Å². The number of hydrogen-bond acceptors (Lipinski definition) is 4. The molecule has 2 amide bonds. The Morgan fingerprint density at radius 2 is 2.28 bits per heavy atom. The van der Waals surface area contributed by atoms with Crippen molar-refractivity contribution in [3.63, 3.8) is 0 Å². The second-order valence-corrected chi connectivity index (χ2v) is 4.93. The molecule has 1 atom stereocenters. The number of esters is 1. The molecule has 96 valence electrons. The van der Waals surface area contributed by atoms with Crippen LogP contribution < -0.4 is 5.32 Å².